The molecule has 1 aromatic carbocycles. The van der Waals surface area contributed by atoms with E-state index in [4.69, 9.17) is 0 Å². The molecule has 0 aliphatic heterocycles. The van der Waals surface area contributed by atoms with Gasteiger partial charge in [0.15, 0.2) is 0 Å². The van der Waals surface area contributed by atoms with Crippen molar-refractivity contribution in [3.63, 3.8) is 0 Å². The van der Waals surface area contributed by atoms with Crippen LogP contribution >= 0.6 is 0 Å². The van der Waals surface area contributed by atoms with Gasteiger partial charge in [-0.25, -0.2) is 0 Å². The van der Waals surface area contributed by atoms with Gasteiger partial charge in [0, 0.05) is 0 Å². The summed E-state index contributed by atoms with van der Waals surface area (Å²) in [6.45, 7) is 0. The van der Waals surface area contributed by atoms with E-state index in [1.54, 1.807) is 6.07 Å². The number of benzene rings is 1. The number of hydrogen-bond donors (Lipinski definition) is 0. The molecule has 0 unspecified atom stereocenters. The number of rotatable bonds is 4. The van der Waals surface area contributed by atoms with Crippen molar-refractivity contribution in [2.45, 2.75) is 23.3 Å². The summed E-state index contributed by atoms with van der Waals surface area (Å²) in [4.78, 5) is 0. The third-order valence-corrected chi connectivity index (χ3v) is 4.31. The van der Waals surface area contributed by atoms with E-state index in [-0.39, 0.29) is 0 Å². The summed E-state index contributed by atoms with van der Waals surface area (Å²) in [5.74, 6) is -11.1. The average Bonchev–Trinajstić information content (AvgIpc) is 2.26. The zero-order valence-corrected chi connectivity index (χ0v) is 10.4. The molecule has 0 spiro atoms. The molecule has 0 aliphatic rings. The normalized spacial score (nSPS) is 13.7. The zero-order chi connectivity index (χ0) is 14.0. The van der Waals surface area contributed by atoms with Crippen molar-refractivity contribution in [1.29, 1.82) is 0 Å². The van der Waals surface area contributed by atoms with Gasteiger partial charge in [0.1, 0.15) is 0 Å². The molecule has 0 saturated carbocycles. The molecule has 1 aromatic rings. The Balaban J connectivity index is 2.77. The molecule has 8 heteroatoms. The van der Waals surface area contributed by atoms with E-state index in [2.05, 4.69) is 0 Å². The van der Waals surface area contributed by atoms with Crippen LogP contribution in [0.1, 0.15) is 0 Å². The molecule has 0 nitrogen and oxygen atoms in total. The summed E-state index contributed by atoms with van der Waals surface area (Å²) in [5.41, 5.74) is 0. The maximum absolute atomic E-state index is 12.9. The first-order chi connectivity index (χ1) is 8.08. The van der Waals surface area contributed by atoms with Crippen LogP contribution < -0.4 is 4.46 Å². The Morgan fingerprint density at radius 3 is 1.78 bits per heavy atom. The summed E-state index contributed by atoms with van der Waals surface area (Å²) >= 11 is -1.15. The first-order valence-corrected chi connectivity index (χ1v) is 6.65. The van der Waals surface area contributed by atoms with Crippen LogP contribution in [-0.4, -0.2) is 33.0 Å². The standard InChI is InChI=1S/C10H7F7Se/c11-8(12,9(13,14)10(15,16)17)6-18-7-4-2-1-3-5-7/h1-5H,6H2. The van der Waals surface area contributed by atoms with Crippen molar-refractivity contribution in [1.82, 2.24) is 0 Å². The van der Waals surface area contributed by atoms with Crippen molar-refractivity contribution in [3.05, 3.63) is 30.3 Å². The van der Waals surface area contributed by atoms with Gasteiger partial charge >= 0.3 is 104 Å². The first-order valence-electron chi connectivity index (χ1n) is 4.58. The van der Waals surface area contributed by atoms with Crippen LogP contribution in [-0.2, 0) is 0 Å². The van der Waals surface area contributed by atoms with E-state index in [1.165, 1.54) is 24.3 Å². The second-order valence-electron chi connectivity index (χ2n) is 3.38. The number of hydrogen-bond acceptors (Lipinski definition) is 0. The predicted molar refractivity (Wildman–Crippen MR) is 52.6 cm³/mol. The molecule has 102 valence electrons. The molecule has 0 aromatic heterocycles. The summed E-state index contributed by atoms with van der Waals surface area (Å²) in [5, 5.41) is -1.50. The number of halogens is 7. The fourth-order valence-electron chi connectivity index (χ4n) is 0.989. The topological polar surface area (TPSA) is 0 Å². The molecule has 0 aliphatic carbocycles. The van der Waals surface area contributed by atoms with E-state index in [9.17, 15) is 30.7 Å². The number of alkyl halides is 7. The van der Waals surface area contributed by atoms with Gasteiger partial charge in [0.05, 0.1) is 0 Å². The average molecular weight is 339 g/mol. The summed E-state index contributed by atoms with van der Waals surface area (Å²) in [7, 11) is 0. The Morgan fingerprint density at radius 1 is 0.833 bits per heavy atom. The first kappa shape index (κ1) is 15.3. The van der Waals surface area contributed by atoms with E-state index in [0.29, 0.717) is 4.46 Å². The van der Waals surface area contributed by atoms with E-state index >= 15 is 0 Å². The Kier molecular flexibility index (Phi) is 4.33. The molecule has 18 heavy (non-hydrogen) atoms. The monoisotopic (exact) mass is 340 g/mol. The minimum absolute atomic E-state index is 0.336. The van der Waals surface area contributed by atoms with Gasteiger partial charge in [-0.15, -0.1) is 0 Å². The third kappa shape index (κ3) is 3.17. The van der Waals surface area contributed by atoms with E-state index < -0.39 is 38.3 Å². The van der Waals surface area contributed by atoms with Crippen molar-refractivity contribution < 1.29 is 30.7 Å². The summed E-state index contributed by atoms with van der Waals surface area (Å²) in [6.07, 6.45) is -6.25. The molecular formula is C10H7F7Se. The van der Waals surface area contributed by atoms with Crippen molar-refractivity contribution in [3.8, 4) is 0 Å². The van der Waals surface area contributed by atoms with Gasteiger partial charge in [0.25, 0.3) is 0 Å². The molecule has 0 radical (unpaired) electrons. The molecule has 0 heterocycles. The Labute approximate surface area is 104 Å². The van der Waals surface area contributed by atoms with Gasteiger partial charge in [-0.1, -0.05) is 0 Å². The van der Waals surface area contributed by atoms with Crippen LogP contribution in [0.5, 0.6) is 0 Å². The Morgan fingerprint density at radius 2 is 1.33 bits per heavy atom. The van der Waals surface area contributed by atoms with Crippen LogP contribution in [0.15, 0.2) is 30.3 Å². The van der Waals surface area contributed by atoms with Crippen molar-refractivity contribution >= 4 is 19.4 Å². The second-order valence-corrected chi connectivity index (χ2v) is 5.58. The van der Waals surface area contributed by atoms with Gasteiger partial charge < -0.3 is 0 Å². The minimum atomic E-state index is -6.25. The fourth-order valence-corrected chi connectivity index (χ4v) is 2.83. The quantitative estimate of drug-likeness (QED) is 0.584. The summed E-state index contributed by atoms with van der Waals surface area (Å²) < 4.78 is 86.8. The molecule has 0 saturated heterocycles. The molecule has 0 N–H and O–H groups in total. The van der Waals surface area contributed by atoms with E-state index in [1.807, 2.05) is 0 Å². The van der Waals surface area contributed by atoms with Crippen LogP contribution in [0.3, 0.4) is 0 Å². The SMILES string of the molecule is FC(F)(F)C(F)(F)C(F)(F)C[Se]c1ccccc1. The molecule has 0 amide bonds. The molecule has 0 bridgehead atoms. The van der Waals surface area contributed by atoms with Crippen molar-refractivity contribution in [2.75, 3.05) is 0 Å². The third-order valence-electron chi connectivity index (χ3n) is 1.98. The van der Waals surface area contributed by atoms with Gasteiger partial charge in [-0.05, 0) is 0 Å². The maximum atomic E-state index is 12.9. The van der Waals surface area contributed by atoms with Crippen LogP contribution in [0.4, 0.5) is 30.7 Å². The molecular weight excluding hydrogens is 332 g/mol. The van der Waals surface area contributed by atoms with Gasteiger partial charge in [-0.2, -0.15) is 0 Å². The Hall–Kier alpha value is -0.751. The second kappa shape index (κ2) is 5.09. The summed E-state index contributed by atoms with van der Waals surface area (Å²) in [6, 6.07) is 7.39. The van der Waals surface area contributed by atoms with Crippen LogP contribution in [0.2, 0.25) is 5.32 Å². The predicted octanol–water partition coefficient (Wildman–Crippen LogP) is 3.27. The van der Waals surface area contributed by atoms with Crippen LogP contribution in [0, 0.1) is 0 Å². The Bertz CT molecular complexity index is 385. The zero-order valence-electron chi connectivity index (χ0n) is 8.65. The fraction of sp³-hybridized carbons (Fsp3) is 0.400. The van der Waals surface area contributed by atoms with Gasteiger partial charge in [0.2, 0.25) is 0 Å². The molecule has 0 atom stereocenters. The van der Waals surface area contributed by atoms with E-state index in [0.717, 1.165) is 0 Å². The molecule has 0 fully saturated rings. The van der Waals surface area contributed by atoms with Crippen LogP contribution in [0.25, 0.3) is 0 Å². The molecule has 1 rings (SSSR count). The van der Waals surface area contributed by atoms with Crippen molar-refractivity contribution in [2.24, 2.45) is 0 Å². The van der Waals surface area contributed by atoms with Gasteiger partial charge in [-0.3, -0.25) is 0 Å².